The SMILES string of the molecule is CC(C)C[C@@H](NC(=O)c1ccccc1C(F)(F)F)c1ccccc1. The molecule has 2 rings (SSSR count). The molecule has 0 saturated heterocycles. The number of halogens is 3. The van der Waals surface area contributed by atoms with Crippen LogP contribution in [0.1, 0.15) is 47.8 Å². The third-order valence-electron chi connectivity index (χ3n) is 3.69. The molecule has 0 unspecified atom stereocenters. The second-order valence-electron chi connectivity index (χ2n) is 6.11. The molecule has 24 heavy (non-hydrogen) atoms. The van der Waals surface area contributed by atoms with E-state index in [4.69, 9.17) is 0 Å². The largest absolute Gasteiger partial charge is 0.417 e. The Labute approximate surface area is 139 Å². The normalized spacial score (nSPS) is 12.9. The molecule has 0 heterocycles. The van der Waals surface area contributed by atoms with Crippen molar-refractivity contribution in [1.82, 2.24) is 5.32 Å². The summed E-state index contributed by atoms with van der Waals surface area (Å²) in [6.07, 6.45) is -3.92. The minimum absolute atomic E-state index is 0.286. The molecule has 128 valence electrons. The zero-order valence-corrected chi connectivity index (χ0v) is 13.6. The Balaban J connectivity index is 2.29. The molecule has 1 atom stereocenters. The maximum Gasteiger partial charge on any atom is 0.417 e. The third kappa shape index (κ3) is 4.60. The number of carbonyl (C=O) groups excluding carboxylic acids is 1. The van der Waals surface area contributed by atoms with Crippen molar-refractivity contribution in [2.75, 3.05) is 0 Å². The highest BCUT2D eigenvalue weighted by atomic mass is 19.4. The summed E-state index contributed by atoms with van der Waals surface area (Å²) in [5.41, 5.74) is -0.391. The van der Waals surface area contributed by atoms with Crippen LogP contribution in [0.2, 0.25) is 0 Å². The molecule has 0 aromatic heterocycles. The summed E-state index contributed by atoms with van der Waals surface area (Å²) in [5.74, 6) is -0.425. The maximum atomic E-state index is 13.1. The highest BCUT2D eigenvalue weighted by Crippen LogP contribution is 2.32. The highest BCUT2D eigenvalue weighted by Gasteiger charge is 2.35. The lowest BCUT2D eigenvalue weighted by molar-refractivity contribution is -0.137. The van der Waals surface area contributed by atoms with Crippen molar-refractivity contribution < 1.29 is 18.0 Å². The lowest BCUT2D eigenvalue weighted by atomic mass is 9.96. The van der Waals surface area contributed by atoms with E-state index in [1.54, 1.807) is 0 Å². The van der Waals surface area contributed by atoms with Crippen LogP contribution < -0.4 is 5.32 Å². The van der Waals surface area contributed by atoms with Crippen molar-refractivity contribution in [2.24, 2.45) is 5.92 Å². The number of nitrogens with one attached hydrogen (secondary N) is 1. The predicted molar refractivity (Wildman–Crippen MR) is 87.5 cm³/mol. The quantitative estimate of drug-likeness (QED) is 0.797. The summed E-state index contributed by atoms with van der Waals surface area (Å²) >= 11 is 0. The van der Waals surface area contributed by atoms with E-state index in [0.29, 0.717) is 6.42 Å². The number of carbonyl (C=O) groups is 1. The summed E-state index contributed by atoms with van der Waals surface area (Å²) in [6, 6.07) is 13.8. The number of rotatable bonds is 5. The number of hydrogen-bond donors (Lipinski definition) is 1. The van der Waals surface area contributed by atoms with E-state index < -0.39 is 17.6 Å². The van der Waals surface area contributed by atoms with Crippen molar-refractivity contribution >= 4 is 5.91 Å². The molecular formula is C19H20F3NO. The van der Waals surface area contributed by atoms with Crippen LogP contribution in [0.25, 0.3) is 0 Å². The molecule has 2 aromatic carbocycles. The van der Waals surface area contributed by atoms with Gasteiger partial charge in [0.1, 0.15) is 0 Å². The number of amides is 1. The van der Waals surface area contributed by atoms with Crippen LogP contribution >= 0.6 is 0 Å². The van der Waals surface area contributed by atoms with Crippen LogP contribution in [0.4, 0.5) is 13.2 Å². The van der Waals surface area contributed by atoms with Gasteiger partial charge in [0.05, 0.1) is 17.2 Å². The molecule has 1 amide bonds. The van der Waals surface area contributed by atoms with Gasteiger partial charge in [0.25, 0.3) is 5.91 Å². The summed E-state index contributed by atoms with van der Waals surface area (Å²) in [4.78, 5) is 12.5. The zero-order chi connectivity index (χ0) is 17.7. The Morgan fingerprint density at radius 3 is 2.17 bits per heavy atom. The standard InChI is InChI=1S/C19H20F3NO/c1-13(2)12-17(14-8-4-3-5-9-14)23-18(24)15-10-6-7-11-16(15)19(20,21)22/h3-11,13,17H,12H2,1-2H3,(H,23,24)/t17-/m1/s1. The van der Waals surface area contributed by atoms with Gasteiger partial charge in [-0.15, -0.1) is 0 Å². The zero-order valence-electron chi connectivity index (χ0n) is 13.6. The number of benzene rings is 2. The van der Waals surface area contributed by atoms with Gasteiger partial charge in [-0.25, -0.2) is 0 Å². The average molecular weight is 335 g/mol. The Bertz CT molecular complexity index is 681. The fourth-order valence-corrected chi connectivity index (χ4v) is 2.60. The van der Waals surface area contributed by atoms with Gasteiger partial charge in [-0.05, 0) is 30.0 Å². The van der Waals surface area contributed by atoms with Gasteiger partial charge in [-0.1, -0.05) is 56.3 Å². The monoisotopic (exact) mass is 335 g/mol. The number of alkyl halides is 3. The molecule has 0 fully saturated rings. The van der Waals surface area contributed by atoms with E-state index in [0.717, 1.165) is 11.6 Å². The lowest BCUT2D eigenvalue weighted by Crippen LogP contribution is -2.31. The Kier molecular flexibility index (Phi) is 5.65. The van der Waals surface area contributed by atoms with Gasteiger partial charge in [0.2, 0.25) is 0 Å². The van der Waals surface area contributed by atoms with Crippen molar-refractivity contribution in [3.63, 3.8) is 0 Å². The molecule has 0 bridgehead atoms. The first-order valence-electron chi connectivity index (χ1n) is 7.81. The fourth-order valence-electron chi connectivity index (χ4n) is 2.60. The summed E-state index contributed by atoms with van der Waals surface area (Å²) < 4.78 is 39.3. The molecule has 0 aliphatic rings. The van der Waals surface area contributed by atoms with Crippen LogP contribution in [0.5, 0.6) is 0 Å². The van der Waals surface area contributed by atoms with Crippen molar-refractivity contribution in [3.05, 3.63) is 71.3 Å². The Hall–Kier alpha value is -2.30. The van der Waals surface area contributed by atoms with E-state index in [1.165, 1.54) is 18.2 Å². The molecule has 2 aromatic rings. The Morgan fingerprint density at radius 1 is 1.00 bits per heavy atom. The van der Waals surface area contributed by atoms with E-state index >= 15 is 0 Å². The van der Waals surface area contributed by atoms with Crippen LogP contribution in [0.15, 0.2) is 54.6 Å². The smallest absolute Gasteiger partial charge is 0.345 e. The minimum Gasteiger partial charge on any atom is -0.345 e. The van der Waals surface area contributed by atoms with Crippen molar-refractivity contribution in [3.8, 4) is 0 Å². The molecule has 2 nitrogen and oxygen atoms in total. The second kappa shape index (κ2) is 7.51. The van der Waals surface area contributed by atoms with Gasteiger partial charge in [-0.3, -0.25) is 4.79 Å². The predicted octanol–water partition coefficient (Wildman–Crippen LogP) is 5.22. The maximum absolute atomic E-state index is 13.1. The molecule has 0 spiro atoms. The minimum atomic E-state index is -4.56. The summed E-state index contributed by atoms with van der Waals surface area (Å²) in [6.45, 7) is 4.01. The van der Waals surface area contributed by atoms with Crippen molar-refractivity contribution in [1.29, 1.82) is 0 Å². The van der Waals surface area contributed by atoms with E-state index in [-0.39, 0.29) is 17.5 Å². The first-order chi connectivity index (χ1) is 11.3. The van der Waals surface area contributed by atoms with Gasteiger partial charge < -0.3 is 5.32 Å². The molecule has 0 saturated carbocycles. The first kappa shape index (κ1) is 18.0. The first-order valence-corrected chi connectivity index (χ1v) is 7.81. The van der Waals surface area contributed by atoms with Crippen LogP contribution in [0.3, 0.4) is 0 Å². The molecule has 0 aliphatic carbocycles. The number of hydrogen-bond acceptors (Lipinski definition) is 1. The van der Waals surface area contributed by atoms with Gasteiger partial charge in [-0.2, -0.15) is 13.2 Å². The lowest BCUT2D eigenvalue weighted by Gasteiger charge is -2.22. The molecule has 5 heteroatoms. The van der Waals surface area contributed by atoms with Crippen molar-refractivity contribution in [2.45, 2.75) is 32.5 Å². The van der Waals surface area contributed by atoms with Gasteiger partial charge >= 0.3 is 6.18 Å². The van der Waals surface area contributed by atoms with Crippen LogP contribution in [-0.4, -0.2) is 5.91 Å². The highest BCUT2D eigenvalue weighted by molar-refractivity contribution is 5.96. The molecule has 0 radical (unpaired) electrons. The topological polar surface area (TPSA) is 29.1 Å². The molecule has 1 N–H and O–H groups in total. The van der Waals surface area contributed by atoms with Gasteiger partial charge in [0, 0.05) is 0 Å². The fraction of sp³-hybridized carbons (Fsp3) is 0.316. The summed E-state index contributed by atoms with van der Waals surface area (Å²) in [7, 11) is 0. The van der Waals surface area contributed by atoms with E-state index in [2.05, 4.69) is 5.32 Å². The van der Waals surface area contributed by atoms with E-state index in [1.807, 2.05) is 44.2 Å². The third-order valence-corrected chi connectivity index (χ3v) is 3.69. The van der Waals surface area contributed by atoms with E-state index in [9.17, 15) is 18.0 Å². The van der Waals surface area contributed by atoms with Crippen LogP contribution in [-0.2, 0) is 6.18 Å². The van der Waals surface area contributed by atoms with Crippen LogP contribution in [0, 0.1) is 5.92 Å². The van der Waals surface area contributed by atoms with Gasteiger partial charge in [0.15, 0.2) is 0 Å². The average Bonchev–Trinajstić information content (AvgIpc) is 2.54. The summed E-state index contributed by atoms with van der Waals surface area (Å²) in [5, 5.41) is 2.75. The second-order valence-corrected chi connectivity index (χ2v) is 6.11. The molecular weight excluding hydrogens is 315 g/mol. The molecule has 0 aliphatic heterocycles. The Morgan fingerprint density at radius 2 is 1.58 bits per heavy atom.